The molecule has 0 saturated carbocycles. The van der Waals surface area contributed by atoms with Gasteiger partial charge in [0.15, 0.2) is 0 Å². The first kappa shape index (κ1) is 20.5. The maximum absolute atomic E-state index is 13.1. The molecule has 4 rings (SSSR count). The lowest BCUT2D eigenvalue weighted by atomic mass is 10.2. The van der Waals surface area contributed by atoms with Gasteiger partial charge in [0.2, 0.25) is 0 Å². The molecule has 0 aliphatic carbocycles. The fourth-order valence-electron chi connectivity index (χ4n) is 2.92. The van der Waals surface area contributed by atoms with Crippen molar-refractivity contribution in [2.75, 3.05) is 0 Å². The Hall–Kier alpha value is -2.74. The smallest absolute Gasteiger partial charge is 0.280 e. The summed E-state index contributed by atoms with van der Waals surface area (Å²) in [5, 5.41) is 2.16. The monoisotopic (exact) mass is 458 g/mol. The van der Waals surface area contributed by atoms with Gasteiger partial charge in [-0.2, -0.15) is 0 Å². The Labute approximate surface area is 187 Å². The van der Waals surface area contributed by atoms with Gasteiger partial charge >= 0.3 is 0 Å². The van der Waals surface area contributed by atoms with Crippen LogP contribution in [0.4, 0.5) is 0 Å². The summed E-state index contributed by atoms with van der Waals surface area (Å²) in [5.41, 5.74) is 4.43. The molecule has 152 valence electrons. The first-order valence-electron chi connectivity index (χ1n) is 8.98. The van der Waals surface area contributed by atoms with Crippen molar-refractivity contribution in [1.29, 1.82) is 0 Å². The first-order chi connectivity index (χ1) is 14.5. The largest absolute Gasteiger partial charge is 0.328 e. The molecule has 0 radical (unpaired) electrons. The second-order valence-electron chi connectivity index (χ2n) is 6.53. The number of rotatable bonds is 5. The number of benzene rings is 2. The number of nitrogens with one attached hydrogen (secondary N) is 1. The summed E-state index contributed by atoms with van der Waals surface area (Å²) in [4.78, 5) is 30.1. The van der Waals surface area contributed by atoms with Gasteiger partial charge in [-0.1, -0.05) is 59.2 Å². The number of carbonyl (C=O) groups excluding carboxylic acids is 2. The lowest BCUT2D eigenvalue weighted by Crippen LogP contribution is -2.45. The number of thioether (sulfide) groups is 1. The van der Waals surface area contributed by atoms with Crippen LogP contribution in [-0.2, 0) is 16.1 Å². The number of amides is 2. The molecule has 2 amide bonds. The zero-order valence-electron chi connectivity index (χ0n) is 15.5. The van der Waals surface area contributed by atoms with Crippen LogP contribution in [0.25, 0.3) is 6.08 Å². The zero-order chi connectivity index (χ0) is 21.1. The molecule has 2 aromatic carbocycles. The SMILES string of the molecule is O=C(Cn1ccnc1)NN1C(=O)/C(=C/c2ccc(Cl)cc2)SC1c1ccc(Cl)cc1. The van der Waals surface area contributed by atoms with E-state index >= 15 is 0 Å². The zero-order valence-corrected chi connectivity index (χ0v) is 17.9. The van der Waals surface area contributed by atoms with Crippen LogP contribution in [0.2, 0.25) is 10.0 Å². The fraction of sp³-hybridized carbons (Fsp3) is 0.0952. The molecule has 1 saturated heterocycles. The summed E-state index contributed by atoms with van der Waals surface area (Å²) in [6.07, 6.45) is 6.60. The summed E-state index contributed by atoms with van der Waals surface area (Å²) in [5.74, 6) is -0.609. The second kappa shape index (κ2) is 8.95. The normalized spacial score (nSPS) is 17.5. The van der Waals surface area contributed by atoms with Crippen molar-refractivity contribution in [2.24, 2.45) is 0 Å². The topological polar surface area (TPSA) is 67.2 Å². The van der Waals surface area contributed by atoms with Crippen molar-refractivity contribution < 1.29 is 9.59 Å². The Morgan fingerprint density at radius 2 is 1.77 bits per heavy atom. The van der Waals surface area contributed by atoms with Gasteiger partial charge in [0, 0.05) is 22.4 Å². The Balaban J connectivity index is 1.61. The maximum atomic E-state index is 13.1. The van der Waals surface area contributed by atoms with Gasteiger partial charge in [0.05, 0.1) is 11.2 Å². The number of aromatic nitrogens is 2. The Morgan fingerprint density at radius 3 is 2.40 bits per heavy atom. The lowest BCUT2D eigenvalue weighted by Gasteiger charge is -2.24. The van der Waals surface area contributed by atoms with Crippen molar-refractivity contribution in [3.05, 3.63) is 93.3 Å². The molecule has 3 aromatic rings. The number of nitrogens with zero attached hydrogens (tertiary/aromatic N) is 3. The van der Waals surface area contributed by atoms with E-state index in [4.69, 9.17) is 23.2 Å². The highest BCUT2D eigenvalue weighted by Gasteiger charge is 2.38. The van der Waals surface area contributed by atoms with E-state index in [0.29, 0.717) is 15.0 Å². The molecule has 9 heteroatoms. The van der Waals surface area contributed by atoms with Gasteiger partial charge in [-0.25, -0.2) is 9.99 Å². The molecule has 30 heavy (non-hydrogen) atoms. The summed E-state index contributed by atoms with van der Waals surface area (Å²) < 4.78 is 1.63. The molecular weight excluding hydrogens is 443 g/mol. The van der Waals surface area contributed by atoms with Crippen LogP contribution in [-0.4, -0.2) is 26.4 Å². The van der Waals surface area contributed by atoms with Crippen molar-refractivity contribution in [3.63, 3.8) is 0 Å². The maximum Gasteiger partial charge on any atom is 0.280 e. The minimum atomic E-state index is -0.417. The summed E-state index contributed by atoms with van der Waals surface area (Å²) >= 11 is 13.3. The van der Waals surface area contributed by atoms with Gasteiger partial charge in [-0.3, -0.25) is 15.0 Å². The van der Waals surface area contributed by atoms with Gasteiger partial charge in [0.25, 0.3) is 11.8 Å². The van der Waals surface area contributed by atoms with E-state index in [1.807, 2.05) is 24.3 Å². The summed E-state index contributed by atoms with van der Waals surface area (Å²) in [6, 6.07) is 14.4. The highest BCUT2D eigenvalue weighted by molar-refractivity contribution is 8.04. The third kappa shape index (κ3) is 4.70. The standard InChI is InChI=1S/C21H16Cl2N4O2S/c22-16-5-1-14(2-6-16)11-18-20(29)27(25-19(28)12-26-10-9-24-13-26)21(30-18)15-3-7-17(23)8-4-15/h1-11,13,21H,12H2,(H,25,28)/b18-11-. The summed E-state index contributed by atoms with van der Waals surface area (Å²) in [7, 11) is 0. The van der Waals surface area contributed by atoms with Crippen LogP contribution >= 0.6 is 35.0 Å². The van der Waals surface area contributed by atoms with E-state index in [1.165, 1.54) is 16.8 Å². The average Bonchev–Trinajstić information content (AvgIpc) is 3.34. The number of hydrogen-bond acceptors (Lipinski definition) is 4. The van der Waals surface area contributed by atoms with E-state index < -0.39 is 5.37 Å². The van der Waals surface area contributed by atoms with Crippen LogP contribution < -0.4 is 5.43 Å². The number of carbonyl (C=O) groups is 2. The molecule has 1 atom stereocenters. The van der Waals surface area contributed by atoms with Crippen LogP contribution in [0, 0.1) is 0 Å². The van der Waals surface area contributed by atoms with Crippen LogP contribution in [0.3, 0.4) is 0 Å². The lowest BCUT2D eigenvalue weighted by molar-refractivity contribution is -0.138. The van der Waals surface area contributed by atoms with Crippen LogP contribution in [0.15, 0.2) is 72.2 Å². The molecule has 6 nitrogen and oxygen atoms in total. The number of halogens is 2. The van der Waals surface area contributed by atoms with Crippen molar-refractivity contribution in [3.8, 4) is 0 Å². The third-order valence-electron chi connectivity index (χ3n) is 4.36. The molecule has 1 N–H and O–H groups in total. The van der Waals surface area contributed by atoms with E-state index in [0.717, 1.165) is 11.1 Å². The Morgan fingerprint density at radius 1 is 1.10 bits per heavy atom. The van der Waals surface area contributed by atoms with Crippen molar-refractivity contribution in [1.82, 2.24) is 20.0 Å². The van der Waals surface area contributed by atoms with Gasteiger partial charge in [0.1, 0.15) is 11.9 Å². The number of imidazole rings is 1. The van der Waals surface area contributed by atoms with Crippen molar-refractivity contribution >= 4 is 52.9 Å². The Kier molecular flexibility index (Phi) is 6.13. The highest BCUT2D eigenvalue weighted by atomic mass is 35.5. The van der Waals surface area contributed by atoms with E-state index in [2.05, 4.69) is 10.4 Å². The van der Waals surface area contributed by atoms with E-state index in [9.17, 15) is 9.59 Å². The highest BCUT2D eigenvalue weighted by Crippen LogP contribution is 2.45. The van der Waals surface area contributed by atoms with Crippen LogP contribution in [0.5, 0.6) is 0 Å². The fourth-order valence-corrected chi connectivity index (χ4v) is 4.37. The van der Waals surface area contributed by atoms with Crippen molar-refractivity contribution in [2.45, 2.75) is 11.9 Å². The van der Waals surface area contributed by atoms with Crippen LogP contribution in [0.1, 0.15) is 16.5 Å². The van der Waals surface area contributed by atoms with Gasteiger partial charge in [-0.15, -0.1) is 0 Å². The predicted molar refractivity (Wildman–Crippen MR) is 118 cm³/mol. The van der Waals surface area contributed by atoms with E-state index in [1.54, 1.807) is 53.6 Å². The molecule has 1 unspecified atom stereocenters. The van der Waals surface area contributed by atoms with Gasteiger partial charge in [-0.05, 0) is 41.5 Å². The minimum absolute atomic E-state index is 0.0536. The second-order valence-corrected chi connectivity index (χ2v) is 8.52. The van der Waals surface area contributed by atoms with E-state index in [-0.39, 0.29) is 18.4 Å². The summed E-state index contributed by atoms with van der Waals surface area (Å²) in [6.45, 7) is 0.0536. The number of hydrazine groups is 1. The first-order valence-corrected chi connectivity index (χ1v) is 10.6. The molecule has 2 heterocycles. The molecule has 0 spiro atoms. The Bertz CT molecular complexity index is 1080. The minimum Gasteiger partial charge on any atom is -0.328 e. The molecule has 0 bridgehead atoms. The molecule has 1 fully saturated rings. The molecule has 1 aliphatic rings. The average molecular weight is 459 g/mol. The third-order valence-corrected chi connectivity index (χ3v) is 6.11. The van der Waals surface area contributed by atoms with Gasteiger partial charge < -0.3 is 4.57 Å². The molecular formula is C21H16Cl2N4O2S. The number of hydrogen-bond donors (Lipinski definition) is 1. The predicted octanol–water partition coefficient (Wildman–Crippen LogP) is 4.54. The molecule has 1 aliphatic heterocycles. The quantitative estimate of drug-likeness (QED) is 0.570. The molecule has 1 aromatic heterocycles.